The van der Waals surface area contributed by atoms with E-state index in [4.69, 9.17) is 9.47 Å². The van der Waals surface area contributed by atoms with Crippen molar-refractivity contribution in [3.63, 3.8) is 0 Å². The number of carbonyl (C=O) groups excluding carboxylic acids is 1. The molecule has 0 radical (unpaired) electrons. The minimum absolute atomic E-state index is 0.118. The molecule has 1 N–H and O–H groups in total. The maximum atomic E-state index is 13.0. The second-order valence-electron chi connectivity index (χ2n) is 7.86. The molecule has 0 unspecified atom stereocenters. The molecule has 3 aromatic carbocycles. The standard InChI is InChI=1S/C26H27NO4/c1-30-23-14-12-21(13-15-23)18-27-25(28)16-24(31-19-22-10-6-3-7-11-22)26(27,29)17-20-8-4-2-5-9-20/h2-15,24,29H,16-19H2,1H3/t24-,26-/m1/s1. The summed E-state index contributed by atoms with van der Waals surface area (Å²) in [4.78, 5) is 14.5. The summed E-state index contributed by atoms with van der Waals surface area (Å²) in [6.45, 7) is 0.642. The van der Waals surface area contributed by atoms with Gasteiger partial charge in [0.2, 0.25) is 5.91 Å². The molecule has 0 aromatic heterocycles. The van der Waals surface area contributed by atoms with Gasteiger partial charge in [-0.25, -0.2) is 0 Å². The first-order chi connectivity index (χ1) is 15.1. The van der Waals surface area contributed by atoms with Gasteiger partial charge in [0.05, 0.1) is 20.1 Å². The van der Waals surface area contributed by atoms with E-state index in [9.17, 15) is 9.90 Å². The number of carbonyl (C=O) groups is 1. The van der Waals surface area contributed by atoms with Crippen LogP contribution >= 0.6 is 0 Å². The summed E-state index contributed by atoms with van der Waals surface area (Å²) >= 11 is 0. The molecule has 1 heterocycles. The van der Waals surface area contributed by atoms with Crippen LogP contribution in [0.25, 0.3) is 0 Å². The zero-order chi connectivity index (χ0) is 21.7. The Morgan fingerprint density at radius 1 is 0.903 bits per heavy atom. The van der Waals surface area contributed by atoms with Crippen LogP contribution in [-0.2, 0) is 29.1 Å². The molecule has 1 amide bonds. The van der Waals surface area contributed by atoms with Crippen molar-refractivity contribution in [1.82, 2.24) is 4.90 Å². The van der Waals surface area contributed by atoms with Gasteiger partial charge in [0.15, 0.2) is 5.72 Å². The van der Waals surface area contributed by atoms with Crippen LogP contribution in [0.3, 0.4) is 0 Å². The lowest BCUT2D eigenvalue weighted by molar-refractivity contribution is -0.173. The predicted octanol–water partition coefficient (Wildman–Crippen LogP) is 3.94. The Balaban J connectivity index is 1.58. The third kappa shape index (κ3) is 4.79. The quantitative estimate of drug-likeness (QED) is 0.603. The van der Waals surface area contributed by atoms with Crippen LogP contribution in [0.15, 0.2) is 84.9 Å². The average molecular weight is 418 g/mol. The zero-order valence-electron chi connectivity index (χ0n) is 17.6. The lowest BCUT2D eigenvalue weighted by atomic mass is 9.97. The van der Waals surface area contributed by atoms with Gasteiger partial charge in [0.25, 0.3) is 0 Å². The fourth-order valence-corrected chi connectivity index (χ4v) is 4.03. The number of ether oxygens (including phenoxy) is 2. The summed E-state index contributed by atoms with van der Waals surface area (Å²) in [5.74, 6) is 0.632. The number of nitrogens with zero attached hydrogens (tertiary/aromatic N) is 1. The van der Waals surface area contributed by atoms with Gasteiger partial charge >= 0.3 is 0 Å². The Morgan fingerprint density at radius 3 is 2.13 bits per heavy atom. The van der Waals surface area contributed by atoms with Gasteiger partial charge < -0.3 is 19.5 Å². The number of hydrogen-bond donors (Lipinski definition) is 1. The van der Waals surface area contributed by atoms with Gasteiger partial charge in [-0.15, -0.1) is 0 Å². The minimum atomic E-state index is -1.44. The number of hydrogen-bond acceptors (Lipinski definition) is 4. The highest BCUT2D eigenvalue weighted by molar-refractivity contribution is 5.80. The van der Waals surface area contributed by atoms with Crippen molar-refractivity contribution in [2.24, 2.45) is 0 Å². The number of methoxy groups -OCH3 is 1. The second-order valence-corrected chi connectivity index (χ2v) is 7.86. The highest BCUT2D eigenvalue weighted by Crippen LogP contribution is 2.36. The van der Waals surface area contributed by atoms with Gasteiger partial charge in [-0.1, -0.05) is 72.8 Å². The van der Waals surface area contributed by atoms with E-state index in [1.807, 2.05) is 84.9 Å². The van der Waals surface area contributed by atoms with Gasteiger partial charge in [0, 0.05) is 13.0 Å². The molecule has 1 fully saturated rings. The van der Waals surface area contributed by atoms with E-state index in [0.717, 1.165) is 22.4 Å². The van der Waals surface area contributed by atoms with Gasteiger partial charge in [-0.05, 0) is 28.8 Å². The highest BCUT2D eigenvalue weighted by Gasteiger charge is 2.52. The van der Waals surface area contributed by atoms with Crippen LogP contribution < -0.4 is 4.74 Å². The predicted molar refractivity (Wildman–Crippen MR) is 118 cm³/mol. The molecule has 5 heteroatoms. The number of rotatable bonds is 8. The van der Waals surface area contributed by atoms with Crippen LogP contribution in [0.1, 0.15) is 23.1 Å². The molecular formula is C26H27NO4. The van der Waals surface area contributed by atoms with Gasteiger partial charge in [0.1, 0.15) is 11.9 Å². The highest BCUT2D eigenvalue weighted by atomic mass is 16.5. The van der Waals surface area contributed by atoms with Crippen molar-refractivity contribution in [3.05, 3.63) is 102 Å². The van der Waals surface area contributed by atoms with Gasteiger partial charge in [-0.2, -0.15) is 0 Å². The summed E-state index contributed by atoms with van der Waals surface area (Å²) in [6.07, 6.45) is -0.180. The number of likely N-dealkylation sites (tertiary alicyclic amines) is 1. The third-order valence-electron chi connectivity index (χ3n) is 5.75. The molecule has 4 rings (SSSR count). The first kappa shape index (κ1) is 21.1. The maximum absolute atomic E-state index is 13.0. The van der Waals surface area contributed by atoms with Crippen LogP contribution in [0.4, 0.5) is 0 Å². The molecular weight excluding hydrogens is 390 g/mol. The Kier molecular flexibility index (Phi) is 6.35. The normalized spacial score (nSPS) is 20.8. The summed E-state index contributed by atoms with van der Waals surface area (Å²) in [5.41, 5.74) is 1.44. The number of aliphatic hydroxyl groups is 1. The first-order valence-electron chi connectivity index (χ1n) is 10.4. The molecule has 31 heavy (non-hydrogen) atoms. The Morgan fingerprint density at radius 2 is 1.52 bits per heavy atom. The summed E-state index contributed by atoms with van der Waals surface area (Å²) < 4.78 is 11.3. The molecule has 0 spiro atoms. The SMILES string of the molecule is COc1ccc(CN2C(=O)C[C@@H](OCc3ccccc3)[C@]2(O)Cc2ccccc2)cc1. The molecule has 2 atom stereocenters. The largest absolute Gasteiger partial charge is 0.497 e. The van der Waals surface area contributed by atoms with Crippen molar-refractivity contribution >= 4 is 5.91 Å². The lowest BCUT2D eigenvalue weighted by Crippen LogP contribution is -2.53. The number of amides is 1. The molecule has 1 saturated heterocycles. The Hall–Kier alpha value is -3.15. The van der Waals surface area contributed by atoms with Crippen molar-refractivity contribution < 1.29 is 19.4 Å². The maximum Gasteiger partial charge on any atom is 0.228 e. The van der Waals surface area contributed by atoms with E-state index < -0.39 is 11.8 Å². The van der Waals surface area contributed by atoms with Crippen molar-refractivity contribution in [3.8, 4) is 5.75 Å². The van der Waals surface area contributed by atoms with Crippen LogP contribution in [0.2, 0.25) is 0 Å². The first-order valence-corrected chi connectivity index (χ1v) is 10.4. The smallest absolute Gasteiger partial charge is 0.228 e. The van der Waals surface area contributed by atoms with Crippen molar-refractivity contribution in [1.29, 1.82) is 0 Å². The van der Waals surface area contributed by atoms with Crippen LogP contribution in [0, 0.1) is 0 Å². The summed E-state index contributed by atoms with van der Waals surface area (Å²) in [7, 11) is 1.62. The molecule has 0 saturated carbocycles. The summed E-state index contributed by atoms with van der Waals surface area (Å²) in [5, 5.41) is 11.8. The van der Waals surface area contributed by atoms with Gasteiger partial charge in [-0.3, -0.25) is 4.79 Å². The van der Waals surface area contributed by atoms with Crippen molar-refractivity contribution in [2.45, 2.75) is 37.8 Å². The minimum Gasteiger partial charge on any atom is -0.497 e. The molecule has 1 aliphatic heterocycles. The average Bonchev–Trinajstić information content (AvgIpc) is 3.03. The molecule has 0 aliphatic carbocycles. The lowest BCUT2D eigenvalue weighted by Gasteiger charge is -2.37. The van der Waals surface area contributed by atoms with E-state index in [2.05, 4.69) is 0 Å². The Labute approximate surface area is 182 Å². The fraction of sp³-hybridized carbons (Fsp3) is 0.269. The second kappa shape index (κ2) is 9.33. The van der Waals surface area contributed by atoms with Crippen LogP contribution in [0.5, 0.6) is 5.75 Å². The van der Waals surface area contributed by atoms with Crippen LogP contribution in [-0.4, -0.2) is 34.9 Å². The van der Waals surface area contributed by atoms with E-state index >= 15 is 0 Å². The molecule has 160 valence electrons. The number of benzene rings is 3. The Bertz CT molecular complexity index is 991. The van der Waals surface area contributed by atoms with E-state index in [-0.39, 0.29) is 12.3 Å². The summed E-state index contributed by atoms with van der Waals surface area (Å²) in [6, 6.07) is 27.1. The topological polar surface area (TPSA) is 59.0 Å². The zero-order valence-corrected chi connectivity index (χ0v) is 17.6. The van der Waals surface area contributed by atoms with E-state index in [1.54, 1.807) is 12.0 Å². The molecule has 1 aliphatic rings. The third-order valence-corrected chi connectivity index (χ3v) is 5.75. The van der Waals surface area contributed by atoms with E-state index in [1.165, 1.54) is 0 Å². The fourth-order valence-electron chi connectivity index (χ4n) is 4.03. The van der Waals surface area contributed by atoms with Crippen molar-refractivity contribution in [2.75, 3.05) is 7.11 Å². The monoisotopic (exact) mass is 417 g/mol. The molecule has 0 bridgehead atoms. The molecule has 3 aromatic rings. The van der Waals surface area contributed by atoms with E-state index in [0.29, 0.717) is 19.6 Å². The molecule has 5 nitrogen and oxygen atoms in total.